The quantitative estimate of drug-likeness (QED) is 0.490. The molecular weight excluding hydrogens is 420 g/mol. The largest absolute Gasteiger partial charge is 0.337 e. The summed E-state index contributed by atoms with van der Waals surface area (Å²) in [5.74, 6) is -0.275. The maximum Gasteiger partial charge on any atom is 0.329 e. The van der Waals surface area contributed by atoms with Crippen molar-refractivity contribution >= 4 is 16.9 Å². The van der Waals surface area contributed by atoms with Crippen LogP contribution >= 0.6 is 0 Å². The predicted molar refractivity (Wildman–Crippen MR) is 126 cm³/mol. The van der Waals surface area contributed by atoms with Crippen molar-refractivity contribution < 1.29 is 4.79 Å². The fraction of sp³-hybridized carbons (Fsp3) is 0.292. The van der Waals surface area contributed by atoms with Crippen molar-refractivity contribution in [3.63, 3.8) is 0 Å². The van der Waals surface area contributed by atoms with E-state index in [1.807, 2.05) is 55.8 Å². The van der Waals surface area contributed by atoms with Crippen molar-refractivity contribution in [3.8, 4) is 5.69 Å². The standard InChI is InChI=1S/C24H26N6O3/c1-5-11-29-21-19(22(31)26-24(29)33)12-17(13-25-21)23(32)28(4)14-20-15(2)27-30(16(20)3)18-9-7-6-8-10-18/h6-10,12-13H,5,11,14H2,1-4H3,(H,26,31,33). The number of nitrogens with one attached hydrogen (secondary N) is 1. The minimum Gasteiger partial charge on any atom is -0.337 e. The van der Waals surface area contributed by atoms with E-state index >= 15 is 0 Å². The van der Waals surface area contributed by atoms with Gasteiger partial charge in [-0.1, -0.05) is 25.1 Å². The molecule has 33 heavy (non-hydrogen) atoms. The first kappa shape index (κ1) is 22.2. The molecule has 0 fully saturated rings. The van der Waals surface area contributed by atoms with Gasteiger partial charge in [-0.05, 0) is 38.5 Å². The Labute approximate surface area is 190 Å². The topological polar surface area (TPSA) is 106 Å². The third-order valence-electron chi connectivity index (χ3n) is 5.71. The zero-order chi connectivity index (χ0) is 23.7. The number of pyridine rings is 1. The Bertz CT molecular complexity index is 1450. The summed E-state index contributed by atoms with van der Waals surface area (Å²) < 4.78 is 3.28. The Balaban J connectivity index is 1.65. The highest BCUT2D eigenvalue weighted by atomic mass is 16.2. The summed E-state index contributed by atoms with van der Waals surface area (Å²) in [5.41, 5.74) is 3.21. The van der Waals surface area contributed by atoms with Gasteiger partial charge in [-0.25, -0.2) is 14.5 Å². The number of benzene rings is 1. The van der Waals surface area contributed by atoms with E-state index in [1.54, 1.807) is 11.9 Å². The van der Waals surface area contributed by atoms with Crippen LogP contribution in [0.2, 0.25) is 0 Å². The van der Waals surface area contributed by atoms with Gasteiger partial charge >= 0.3 is 5.69 Å². The first-order valence-corrected chi connectivity index (χ1v) is 10.8. The average molecular weight is 447 g/mol. The van der Waals surface area contributed by atoms with Gasteiger partial charge in [0.25, 0.3) is 11.5 Å². The number of aryl methyl sites for hydroxylation is 2. The zero-order valence-corrected chi connectivity index (χ0v) is 19.1. The molecular formula is C24H26N6O3. The fourth-order valence-corrected chi connectivity index (χ4v) is 3.97. The second-order valence-electron chi connectivity index (χ2n) is 8.06. The lowest BCUT2D eigenvalue weighted by Gasteiger charge is -2.18. The van der Waals surface area contributed by atoms with Gasteiger partial charge in [0.2, 0.25) is 0 Å². The van der Waals surface area contributed by atoms with E-state index < -0.39 is 11.2 Å². The van der Waals surface area contributed by atoms with Crippen LogP contribution in [0.15, 0.2) is 52.2 Å². The van der Waals surface area contributed by atoms with Crippen LogP contribution in [0.5, 0.6) is 0 Å². The van der Waals surface area contributed by atoms with E-state index in [0.717, 1.165) is 22.6 Å². The number of rotatable bonds is 6. The monoisotopic (exact) mass is 446 g/mol. The van der Waals surface area contributed by atoms with Crippen LogP contribution in [-0.2, 0) is 13.1 Å². The number of aromatic nitrogens is 5. The summed E-state index contributed by atoms with van der Waals surface area (Å²) in [6.07, 6.45) is 2.13. The third-order valence-corrected chi connectivity index (χ3v) is 5.71. The molecule has 3 heterocycles. The molecule has 0 atom stereocenters. The summed E-state index contributed by atoms with van der Waals surface area (Å²) in [7, 11) is 1.70. The number of carbonyl (C=O) groups is 1. The van der Waals surface area contributed by atoms with E-state index in [9.17, 15) is 14.4 Å². The second-order valence-corrected chi connectivity index (χ2v) is 8.06. The normalized spacial score (nSPS) is 11.2. The molecule has 0 unspecified atom stereocenters. The summed E-state index contributed by atoms with van der Waals surface area (Å²) >= 11 is 0. The number of para-hydroxylation sites is 1. The lowest BCUT2D eigenvalue weighted by Crippen LogP contribution is -2.31. The molecule has 0 saturated carbocycles. The summed E-state index contributed by atoms with van der Waals surface area (Å²) in [6, 6.07) is 11.3. The summed E-state index contributed by atoms with van der Waals surface area (Å²) in [4.78, 5) is 45.8. The van der Waals surface area contributed by atoms with Crippen molar-refractivity contribution in [2.45, 2.75) is 40.3 Å². The van der Waals surface area contributed by atoms with Gasteiger partial charge in [-0.15, -0.1) is 0 Å². The highest BCUT2D eigenvalue weighted by Gasteiger charge is 2.20. The van der Waals surface area contributed by atoms with E-state index in [4.69, 9.17) is 0 Å². The first-order valence-electron chi connectivity index (χ1n) is 10.8. The van der Waals surface area contributed by atoms with E-state index in [0.29, 0.717) is 19.5 Å². The van der Waals surface area contributed by atoms with Crippen molar-refractivity contribution in [1.82, 2.24) is 29.2 Å². The number of fused-ring (bicyclic) bond motifs is 1. The highest BCUT2D eigenvalue weighted by Crippen LogP contribution is 2.20. The maximum atomic E-state index is 13.2. The molecule has 1 aromatic carbocycles. The molecule has 1 amide bonds. The Hall–Kier alpha value is -4.01. The molecule has 9 heteroatoms. The van der Waals surface area contributed by atoms with E-state index in [1.165, 1.54) is 16.8 Å². The predicted octanol–water partition coefficient (Wildman–Crippen LogP) is 2.57. The summed E-state index contributed by atoms with van der Waals surface area (Å²) in [5, 5.41) is 4.86. The van der Waals surface area contributed by atoms with Crippen LogP contribution in [0.3, 0.4) is 0 Å². The van der Waals surface area contributed by atoms with E-state index in [2.05, 4.69) is 15.1 Å². The van der Waals surface area contributed by atoms with Crippen molar-refractivity contribution in [2.24, 2.45) is 0 Å². The van der Waals surface area contributed by atoms with Crippen LogP contribution in [0.4, 0.5) is 0 Å². The molecule has 0 radical (unpaired) electrons. The number of amides is 1. The molecule has 0 aliphatic heterocycles. The lowest BCUT2D eigenvalue weighted by atomic mass is 10.1. The Morgan fingerprint density at radius 3 is 2.58 bits per heavy atom. The van der Waals surface area contributed by atoms with Gasteiger partial charge in [0, 0.05) is 37.6 Å². The molecule has 0 aliphatic carbocycles. The Morgan fingerprint density at radius 2 is 1.88 bits per heavy atom. The molecule has 170 valence electrons. The minimum absolute atomic E-state index is 0.214. The fourth-order valence-electron chi connectivity index (χ4n) is 3.97. The minimum atomic E-state index is -0.553. The molecule has 0 aliphatic rings. The summed E-state index contributed by atoms with van der Waals surface area (Å²) in [6.45, 7) is 6.61. The highest BCUT2D eigenvalue weighted by molar-refractivity contribution is 5.96. The number of nitrogens with zero attached hydrogens (tertiary/aromatic N) is 5. The average Bonchev–Trinajstić information content (AvgIpc) is 3.09. The van der Waals surface area contributed by atoms with Gasteiger partial charge in [0.15, 0.2) is 0 Å². The second kappa shape index (κ2) is 8.85. The molecule has 0 saturated heterocycles. The van der Waals surface area contributed by atoms with Gasteiger partial charge in [0.1, 0.15) is 5.65 Å². The van der Waals surface area contributed by atoms with Crippen LogP contribution < -0.4 is 11.2 Å². The molecule has 1 N–H and O–H groups in total. The SMILES string of the molecule is CCCn1c(=O)[nH]c(=O)c2cc(C(=O)N(C)Cc3c(C)nn(-c4ccccc4)c3C)cnc21. The van der Waals surface area contributed by atoms with Crippen molar-refractivity contribution in [3.05, 3.63) is 85.9 Å². The number of H-pyrrole nitrogens is 1. The third kappa shape index (κ3) is 4.09. The maximum absolute atomic E-state index is 13.2. The van der Waals surface area contributed by atoms with Gasteiger partial charge < -0.3 is 4.90 Å². The number of aromatic amines is 1. The Kier molecular flexibility index (Phi) is 5.95. The molecule has 0 spiro atoms. The smallest absolute Gasteiger partial charge is 0.329 e. The van der Waals surface area contributed by atoms with Gasteiger partial charge in [0.05, 0.1) is 22.3 Å². The number of hydrogen-bond acceptors (Lipinski definition) is 5. The Morgan fingerprint density at radius 1 is 1.15 bits per heavy atom. The molecule has 3 aromatic heterocycles. The van der Waals surface area contributed by atoms with E-state index in [-0.39, 0.29) is 22.5 Å². The number of carbonyl (C=O) groups excluding carboxylic acids is 1. The molecule has 4 rings (SSSR count). The van der Waals surface area contributed by atoms with Crippen molar-refractivity contribution in [2.75, 3.05) is 7.05 Å². The molecule has 0 bridgehead atoms. The first-order chi connectivity index (χ1) is 15.8. The van der Waals surface area contributed by atoms with Crippen LogP contribution in [-0.4, -0.2) is 42.2 Å². The van der Waals surface area contributed by atoms with Crippen LogP contribution in [0, 0.1) is 13.8 Å². The lowest BCUT2D eigenvalue weighted by molar-refractivity contribution is 0.0784. The van der Waals surface area contributed by atoms with Gasteiger partial charge in [-0.2, -0.15) is 5.10 Å². The van der Waals surface area contributed by atoms with Crippen LogP contribution in [0.25, 0.3) is 16.7 Å². The zero-order valence-electron chi connectivity index (χ0n) is 19.1. The van der Waals surface area contributed by atoms with Gasteiger partial charge in [-0.3, -0.25) is 19.1 Å². The molecule has 4 aromatic rings. The van der Waals surface area contributed by atoms with Crippen molar-refractivity contribution in [1.29, 1.82) is 0 Å². The molecule has 9 nitrogen and oxygen atoms in total. The van der Waals surface area contributed by atoms with Crippen LogP contribution in [0.1, 0.15) is 40.7 Å². The number of hydrogen-bond donors (Lipinski definition) is 1.